The van der Waals surface area contributed by atoms with Crippen LogP contribution in [0.4, 0.5) is 35.1 Å². The maximum absolute atomic E-state index is 15.1. The number of rotatable bonds is 26. The molecule has 10 rings (SSSR count). The first-order valence-electron chi connectivity index (χ1n) is 45.0. The number of hydrogen-bond donors (Lipinski definition) is 0. The van der Waals surface area contributed by atoms with Gasteiger partial charge in [-0.15, -0.1) is 0 Å². The third-order valence-corrected chi connectivity index (χ3v) is 15.7. The molecule has 0 unspecified atom stereocenters. The summed E-state index contributed by atoms with van der Waals surface area (Å²) in [6, 6.07) is 1.31. The Labute approximate surface area is 603 Å². The van der Waals surface area contributed by atoms with E-state index < -0.39 is 276 Å². The monoisotopic (exact) mass is 1380 g/mol. The smallest absolute Gasteiger partial charge is 0.336 e. The Hall–Kier alpha value is -7.92. The van der Waals surface area contributed by atoms with Crippen LogP contribution in [0.25, 0.3) is 22.3 Å². The molecule has 12 nitrogen and oxygen atoms in total. The summed E-state index contributed by atoms with van der Waals surface area (Å²) >= 11 is -0.151. The Balaban J connectivity index is 0.000000292. The number of aromatic nitrogens is 4. The second-order valence-corrected chi connectivity index (χ2v) is 21.8. The van der Waals surface area contributed by atoms with Crippen molar-refractivity contribution in [2.24, 2.45) is 0 Å². The molecule has 0 spiro atoms. The minimum atomic E-state index is -5.23. The van der Waals surface area contributed by atoms with Crippen LogP contribution in [-0.4, -0.2) is 103 Å². The zero-order valence-corrected chi connectivity index (χ0v) is 52.5. The van der Waals surface area contributed by atoms with Crippen LogP contribution in [0.5, 0.6) is 0 Å². The highest BCUT2D eigenvalue weighted by Crippen LogP contribution is 2.36. The molecule has 95 heavy (non-hydrogen) atoms. The molecule has 0 N–H and O–H groups in total. The summed E-state index contributed by atoms with van der Waals surface area (Å²) in [5, 5.41) is -1.93. The molecule has 2 aliphatic carbocycles. The third kappa shape index (κ3) is 19.0. The molecule has 0 saturated carbocycles. The van der Waals surface area contributed by atoms with Gasteiger partial charge in [-0.3, -0.25) is 19.2 Å². The highest BCUT2D eigenvalue weighted by molar-refractivity contribution is 7.98. The van der Waals surface area contributed by atoms with Crippen LogP contribution in [0.15, 0.2) is 159 Å². The molecule has 0 saturated heterocycles. The zero-order chi connectivity index (χ0) is 97.3. The summed E-state index contributed by atoms with van der Waals surface area (Å²) in [4.78, 5) is 66.8. The van der Waals surface area contributed by atoms with Crippen LogP contribution in [0.1, 0.15) is 147 Å². The van der Waals surface area contributed by atoms with Gasteiger partial charge in [0.2, 0.25) is 11.8 Å². The van der Waals surface area contributed by atoms with Gasteiger partial charge in [0.25, 0.3) is 11.1 Å². The molecule has 22 heteroatoms. The number of nitrogens with zero attached hydrogens (tertiary/aromatic N) is 8. The van der Waals surface area contributed by atoms with Crippen molar-refractivity contribution in [3.8, 4) is 22.3 Å². The summed E-state index contributed by atoms with van der Waals surface area (Å²) in [6.45, 7) is -16.6. The summed E-state index contributed by atoms with van der Waals surface area (Å²) in [6.07, 6.45) is -20.4. The molecule has 0 atom stereocenters. The van der Waals surface area contributed by atoms with Crippen molar-refractivity contribution in [2.75, 3.05) is 52.2 Å². The summed E-state index contributed by atoms with van der Waals surface area (Å²) in [5.41, 5.74) is -17.4. The lowest BCUT2D eigenvalue weighted by molar-refractivity contribution is -0.138. The Bertz CT molecular complexity index is 5680. The minimum absolute atomic E-state index is 0.00225. The van der Waals surface area contributed by atoms with Gasteiger partial charge in [-0.05, 0) is 164 Å². The second-order valence-electron chi connectivity index (χ2n) is 20.3. The Kier molecular flexibility index (Phi) is 13.5. The van der Waals surface area contributed by atoms with Crippen molar-refractivity contribution in [3.05, 3.63) is 233 Å². The van der Waals surface area contributed by atoms with Gasteiger partial charge in [0, 0.05) is 97.9 Å². The van der Waals surface area contributed by atoms with E-state index in [9.17, 15) is 55.0 Å². The normalized spacial score (nSPS) is 20.7. The van der Waals surface area contributed by atoms with Crippen molar-refractivity contribution >= 4 is 35.3 Å². The average molecular weight is 1380 g/mol. The van der Waals surface area contributed by atoms with Gasteiger partial charge < -0.3 is 28.7 Å². The molecule has 2 aromatic heterocycles. The first kappa shape index (κ1) is 39.3. The number of amides is 2. The van der Waals surface area contributed by atoms with E-state index in [4.69, 9.17) is 39.8 Å². The van der Waals surface area contributed by atoms with E-state index in [1.807, 2.05) is 0 Å². The van der Waals surface area contributed by atoms with Gasteiger partial charge in [-0.25, -0.2) is 8.78 Å². The van der Waals surface area contributed by atoms with E-state index in [0.717, 1.165) is 85.4 Å². The Morgan fingerprint density at radius 3 is 1.59 bits per heavy atom. The van der Waals surface area contributed by atoms with Crippen molar-refractivity contribution in [2.45, 2.75) is 133 Å². The second kappa shape index (κ2) is 32.7. The molecule has 8 aromatic rings. The molecular weight excluding hydrogens is 1270 g/mol. The van der Waals surface area contributed by atoms with Crippen LogP contribution in [0, 0.1) is 18.6 Å². The number of benzene rings is 6. The zero-order valence-electron chi connectivity index (χ0n) is 83.8. The van der Waals surface area contributed by atoms with Crippen molar-refractivity contribution < 1.29 is 89.9 Å². The van der Waals surface area contributed by atoms with Gasteiger partial charge in [-0.1, -0.05) is 148 Å². The average Bonchev–Trinajstić information content (AvgIpc) is 1.51. The molecular formula is C73H78F8N8O4S2. The van der Waals surface area contributed by atoms with E-state index in [1.54, 1.807) is 12.1 Å². The first-order valence-corrected chi connectivity index (χ1v) is 30.1. The number of carbonyl (C=O) groups excluding carboxylic acids is 2. The summed E-state index contributed by atoms with van der Waals surface area (Å²) < 4.78 is 393. The van der Waals surface area contributed by atoms with Crippen molar-refractivity contribution in [1.29, 1.82) is 0 Å². The Morgan fingerprint density at radius 1 is 0.547 bits per heavy atom. The molecule has 6 aromatic carbocycles. The maximum Gasteiger partial charge on any atom is 0.416 e. The number of alkyl halides is 6. The SMILES string of the molecule is [2H]c1c([2H])c(-c2c([2H])c([2H])c(C(F)(F)F)c(C)c2[2H])c([2H])c([2H])c1CN(CCN(C([2H])([2H])C)C([2H])([2H])C)C(=O)C([2H])([2H])n1c(SC([2H])([2H])c2ccc(F)cc2)nc(=O)c2c1C([2H])([2H])C([2H])([2H])C2([2H])[2H].[2H]c1c([2H])c(C([2H])([2H])Sc2nc(=O)c3c(n2C([2H])([2H])C(=O)N(CCN(C([2H])([2H])C)C([2H])([2H])C)Cc2ccc(-c4ccc(C(F)(F)F)cc4)cc2)CCC3)c([2H])c([2H])c1F. The van der Waals surface area contributed by atoms with Gasteiger partial charge in [-0.2, -0.15) is 36.3 Å². The van der Waals surface area contributed by atoms with E-state index in [1.165, 1.54) is 24.3 Å². The van der Waals surface area contributed by atoms with Crippen LogP contribution < -0.4 is 11.1 Å². The predicted molar refractivity (Wildman–Crippen MR) is 358 cm³/mol. The largest absolute Gasteiger partial charge is 0.416 e. The lowest BCUT2D eigenvalue weighted by atomic mass is 9.98. The standard InChI is InChI=1S/C37H40F4N4O2S.C36H38F4N4O2S/c1-4-43(5-2)19-20-44(22-26-9-13-28(14-10-26)29-15-18-32(25(3)21-29)37(39,40)41)34(46)23-45-33-8-6-7-31(33)35(47)42-36(45)48-24-27-11-16-30(38)17-12-27;1-3-42(4-2)20-21-43(22-25-8-12-27(13-9-25)28-14-16-29(17-15-28)36(38,39)40)33(45)23-44-32-7-5-6-31(32)34(46)41-35(44)47-24-26-10-18-30(37)19-11-26/h9-18,21H,4-8,19-20,22-24H2,1-3H3;8-19H,3-7,20-24H2,1-2H3/i4D2,5D2,6D2,7D2,8D2,9D,10D,13D,14D,15D,18D,21D,23D2,24D2;3D2,4D2,10D,11D,18D,19D,23D2,24D2. The number of hydrogen-bond acceptors (Lipinski definition) is 10. The molecule has 0 aliphatic heterocycles. The van der Waals surface area contributed by atoms with Crippen LogP contribution in [-0.2, 0) is 85.0 Å². The fraction of sp³-hybridized carbons (Fsp3) is 0.370. The number of carbonyl (C=O) groups is 2. The number of likely N-dealkylation sites (N-methyl/N-ethyl adjacent to an activating group) is 2. The fourth-order valence-corrected chi connectivity index (χ4v) is 10.7. The number of halogens is 8. The Morgan fingerprint density at radius 2 is 1.04 bits per heavy atom. The number of thioether (sulfide) groups is 2. The van der Waals surface area contributed by atoms with E-state index in [0.29, 0.717) is 32.9 Å². The molecule has 0 bridgehead atoms. The van der Waals surface area contributed by atoms with Gasteiger partial charge in [0.15, 0.2) is 10.3 Å². The molecule has 0 radical (unpaired) electrons. The van der Waals surface area contributed by atoms with Crippen molar-refractivity contribution in [3.63, 3.8) is 0 Å². The lowest BCUT2D eigenvalue weighted by Gasteiger charge is -2.28. The highest BCUT2D eigenvalue weighted by atomic mass is 32.2. The topological polar surface area (TPSA) is 117 Å². The van der Waals surface area contributed by atoms with E-state index in [-0.39, 0.29) is 64.3 Å². The van der Waals surface area contributed by atoms with Crippen LogP contribution in [0.2, 0.25) is 0 Å². The molecule has 502 valence electrons. The summed E-state index contributed by atoms with van der Waals surface area (Å²) in [7, 11) is 0. The number of fused-ring (bicyclic) bond motifs is 2. The van der Waals surface area contributed by atoms with Gasteiger partial charge in [0.05, 0.1) is 31.7 Å². The fourth-order valence-electron chi connectivity index (χ4n) is 9.30. The molecule has 2 aliphatic rings. The highest BCUT2D eigenvalue weighted by Gasteiger charge is 2.33. The van der Waals surface area contributed by atoms with E-state index >= 15 is 4.79 Å². The van der Waals surface area contributed by atoms with Crippen molar-refractivity contribution in [1.82, 2.24) is 38.7 Å². The van der Waals surface area contributed by atoms with Crippen LogP contribution in [0.3, 0.4) is 0 Å². The van der Waals surface area contributed by atoms with Crippen LogP contribution >= 0.6 is 23.5 Å². The first-order chi connectivity index (χ1) is 58.1. The maximum atomic E-state index is 15.1. The van der Waals surface area contributed by atoms with Gasteiger partial charge in [0.1, 0.15) is 24.6 Å². The lowest BCUT2D eigenvalue weighted by Crippen LogP contribution is -2.40. The minimum Gasteiger partial charge on any atom is -0.336 e. The molecule has 2 amide bonds. The quantitative estimate of drug-likeness (QED) is 0.0295. The molecule has 2 heterocycles. The van der Waals surface area contributed by atoms with E-state index in [2.05, 4.69) is 9.97 Å². The summed E-state index contributed by atoms with van der Waals surface area (Å²) in [5.74, 6) is -5.62. The third-order valence-electron chi connectivity index (χ3n) is 14.2. The molecule has 0 fully saturated rings. The van der Waals surface area contributed by atoms with Gasteiger partial charge >= 0.3 is 12.4 Å². The predicted octanol–water partition coefficient (Wildman–Crippen LogP) is 14.7.